The molecule has 0 saturated heterocycles. The molecule has 0 spiro atoms. The Morgan fingerprint density at radius 2 is 0.590 bits per heavy atom. The first-order valence-electron chi connectivity index (χ1n) is 26.5. The van der Waals surface area contributed by atoms with Crippen molar-refractivity contribution in [3.05, 3.63) is 36.5 Å². The highest BCUT2D eigenvalue weighted by Gasteiger charge is 2.19. The maximum atomic E-state index is 12.8. The van der Waals surface area contributed by atoms with E-state index in [0.717, 1.165) is 83.5 Å². The summed E-state index contributed by atoms with van der Waals surface area (Å²) in [6.45, 7) is 6.60. The van der Waals surface area contributed by atoms with Gasteiger partial charge in [-0.15, -0.1) is 0 Å². The zero-order valence-corrected chi connectivity index (χ0v) is 40.7. The van der Waals surface area contributed by atoms with Gasteiger partial charge in [0.05, 0.1) is 0 Å². The highest BCUT2D eigenvalue weighted by molar-refractivity contribution is 5.71. The summed E-state index contributed by atoms with van der Waals surface area (Å²) < 4.78 is 16.8. The lowest BCUT2D eigenvalue weighted by Gasteiger charge is -2.18. The maximum absolute atomic E-state index is 12.8. The predicted octanol–water partition coefficient (Wildman–Crippen LogP) is 17.3. The molecule has 0 N–H and O–H groups in total. The Hall–Kier alpha value is -2.37. The van der Waals surface area contributed by atoms with Crippen molar-refractivity contribution >= 4 is 17.9 Å². The minimum atomic E-state index is -0.775. The minimum Gasteiger partial charge on any atom is -0.462 e. The molecule has 0 aliphatic rings. The van der Waals surface area contributed by atoms with Gasteiger partial charge >= 0.3 is 17.9 Å². The van der Waals surface area contributed by atoms with E-state index in [1.54, 1.807) is 0 Å². The minimum absolute atomic E-state index is 0.0756. The summed E-state index contributed by atoms with van der Waals surface area (Å²) in [4.78, 5) is 37.9. The van der Waals surface area contributed by atoms with Gasteiger partial charge in [0.25, 0.3) is 0 Å². The Morgan fingerprint density at radius 1 is 0.328 bits per heavy atom. The summed E-state index contributed by atoms with van der Waals surface area (Å²) in [5.74, 6) is -0.888. The predicted molar refractivity (Wildman–Crippen MR) is 261 cm³/mol. The molecule has 0 aromatic heterocycles. The van der Waals surface area contributed by atoms with Crippen molar-refractivity contribution < 1.29 is 28.6 Å². The van der Waals surface area contributed by atoms with Gasteiger partial charge in [-0.2, -0.15) is 0 Å². The van der Waals surface area contributed by atoms with Gasteiger partial charge in [0.2, 0.25) is 0 Å². The van der Waals surface area contributed by atoms with E-state index in [2.05, 4.69) is 57.2 Å². The standard InChI is InChI=1S/C55H100O6/c1-4-7-10-13-16-19-21-23-25-27-29-31-33-36-39-42-45-48-54(57)60-51-52(50-59-53(56)47-44-41-38-35-18-15-12-9-6-3)61-55(58)49-46-43-40-37-34-32-30-28-26-24-22-20-17-14-11-8-5-2/h16,19,23,25,29,31,52H,4-15,17-18,20-22,24,26-28,30,32-51H2,1-3H3/b19-16-,25-23-,31-29-/t52-/m1/s1. The monoisotopic (exact) mass is 857 g/mol. The summed E-state index contributed by atoms with van der Waals surface area (Å²) in [7, 11) is 0. The molecular formula is C55H100O6. The maximum Gasteiger partial charge on any atom is 0.306 e. The molecule has 0 saturated carbocycles. The van der Waals surface area contributed by atoms with Crippen LogP contribution in [0.3, 0.4) is 0 Å². The van der Waals surface area contributed by atoms with Gasteiger partial charge in [0, 0.05) is 19.3 Å². The van der Waals surface area contributed by atoms with E-state index in [0.29, 0.717) is 19.3 Å². The first kappa shape index (κ1) is 58.6. The van der Waals surface area contributed by atoms with Crippen molar-refractivity contribution in [2.24, 2.45) is 0 Å². The zero-order valence-electron chi connectivity index (χ0n) is 40.7. The molecular weight excluding hydrogens is 757 g/mol. The summed E-state index contributed by atoms with van der Waals surface area (Å²) in [5.41, 5.74) is 0. The molecule has 0 unspecified atom stereocenters. The summed E-state index contributed by atoms with van der Waals surface area (Å²) in [6, 6.07) is 0. The van der Waals surface area contributed by atoms with Crippen LogP contribution >= 0.6 is 0 Å². The number of esters is 3. The molecule has 0 aliphatic carbocycles. The van der Waals surface area contributed by atoms with Crippen molar-refractivity contribution in [3.63, 3.8) is 0 Å². The molecule has 0 heterocycles. The van der Waals surface area contributed by atoms with Gasteiger partial charge in [-0.3, -0.25) is 14.4 Å². The number of allylic oxidation sites excluding steroid dienone is 6. The third-order valence-corrected chi connectivity index (χ3v) is 11.6. The number of carbonyl (C=O) groups is 3. The largest absolute Gasteiger partial charge is 0.462 e. The van der Waals surface area contributed by atoms with Crippen LogP contribution in [0.2, 0.25) is 0 Å². The number of carbonyl (C=O) groups excluding carboxylic acids is 3. The molecule has 0 aliphatic heterocycles. The molecule has 1 atom stereocenters. The average Bonchev–Trinajstić information content (AvgIpc) is 3.26. The fourth-order valence-corrected chi connectivity index (χ4v) is 7.63. The van der Waals surface area contributed by atoms with Gasteiger partial charge in [-0.1, -0.05) is 237 Å². The van der Waals surface area contributed by atoms with Crippen LogP contribution in [0.5, 0.6) is 0 Å². The molecule has 0 fully saturated rings. The van der Waals surface area contributed by atoms with Crippen molar-refractivity contribution in [1.82, 2.24) is 0 Å². The molecule has 6 nitrogen and oxygen atoms in total. The third-order valence-electron chi connectivity index (χ3n) is 11.6. The number of rotatable bonds is 48. The van der Waals surface area contributed by atoms with Crippen LogP contribution in [0.25, 0.3) is 0 Å². The Bertz CT molecular complexity index is 1030. The lowest BCUT2D eigenvalue weighted by Crippen LogP contribution is -2.30. The summed E-state index contributed by atoms with van der Waals surface area (Å²) in [5, 5.41) is 0. The van der Waals surface area contributed by atoms with Gasteiger partial charge in [0.15, 0.2) is 6.10 Å². The highest BCUT2D eigenvalue weighted by atomic mass is 16.6. The Morgan fingerprint density at radius 3 is 0.951 bits per heavy atom. The first-order chi connectivity index (χ1) is 30.0. The smallest absolute Gasteiger partial charge is 0.306 e. The van der Waals surface area contributed by atoms with Crippen molar-refractivity contribution in [3.8, 4) is 0 Å². The van der Waals surface area contributed by atoms with Crippen LogP contribution < -0.4 is 0 Å². The van der Waals surface area contributed by atoms with Crippen molar-refractivity contribution in [2.45, 2.75) is 284 Å². The highest BCUT2D eigenvalue weighted by Crippen LogP contribution is 2.16. The SMILES string of the molecule is CCCCC/C=C\C/C=C\C/C=C\CCCCCCC(=O)OC[C@@H](COC(=O)CCCCCCCCCCC)OC(=O)CCCCCCCCCCCCCCCCCCC. The van der Waals surface area contributed by atoms with Crippen LogP contribution in [-0.4, -0.2) is 37.2 Å². The quantitative estimate of drug-likeness (QED) is 0.0262. The van der Waals surface area contributed by atoms with Gasteiger partial charge in [-0.05, 0) is 57.8 Å². The molecule has 0 radical (unpaired) electrons. The topological polar surface area (TPSA) is 78.9 Å². The molecule has 61 heavy (non-hydrogen) atoms. The average molecular weight is 857 g/mol. The van der Waals surface area contributed by atoms with E-state index in [1.807, 2.05) is 0 Å². The van der Waals surface area contributed by atoms with Crippen LogP contribution in [0.1, 0.15) is 278 Å². The van der Waals surface area contributed by atoms with Crippen molar-refractivity contribution in [1.29, 1.82) is 0 Å². The number of unbranched alkanes of at least 4 members (excludes halogenated alkanes) is 31. The van der Waals surface area contributed by atoms with Gasteiger partial charge in [-0.25, -0.2) is 0 Å². The fraction of sp³-hybridized carbons (Fsp3) is 0.836. The van der Waals surface area contributed by atoms with E-state index in [-0.39, 0.29) is 31.1 Å². The fourth-order valence-electron chi connectivity index (χ4n) is 7.63. The lowest BCUT2D eigenvalue weighted by molar-refractivity contribution is -0.167. The van der Waals surface area contributed by atoms with Gasteiger partial charge < -0.3 is 14.2 Å². The normalized spacial score (nSPS) is 12.2. The lowest BCUT2D eigenvalue weighted by atomic mass is 10.0. The van der Waals surface area contributed by atoms with E-state index >= 15 is 0 Å². The number of hydrogen-bond acceptors (Lipinski definition) is 6. The number of ether oxygens (including phenoxy) is 3. The van der Waals surface area contributed by atoms with Crippen LogP contribution in [0, 0.1) is 0 Å². The second kappa shape index (κ2) is 50.3. The number of hydrogen-bond donors (Lipinski definition) is 0. The van der Waals surface area contributed by atoms with Crippen molar-refractivity contribution in [2.75, 3.05) is 13.2 Å². The Labute approximate surface area is 378 Å². The molecule has 0 amide bonds. The molecule has 6 heteroatoms. The van der Waals surface area contributed by atoms with Gasteiger partial charge in [0.1, 0.15) is 13.2 Å². The molecule has 0 aromatic carbocycles. The van der Waals surface area contributed by atoms with Crippen LogP contribution in [0.15, 0.2) is 36.5 Å². The van der Waals surface area contributed by atoms with Crippen LogP contribution in [0.4, 0.5) is 0 Å². The van der Waals surface area contributed by atoms with E-state index in [1.165, 1.54) is 154 Å². The second-order valence-electron chi connectivity index (χ2n) is 17.8. The third kappa shape index (κ3) is 48.5. The summed E-state index contributed by atoms with van der Waals surface area (Å²) in [6.07, 6.45) is 58.4. The first-order valence-corrected chi connectivity index (χ1v) is 26.5. The zero-order chi connectivity index (χ0) is 44.4. The molecule has 0 bridgehead atoms. The van der Waals surface area contributed by atoms with E-state index in [9.17, 15) is 14.4 Å². The van der Waals surface area contributed by atoms with E-state index in [4.69, 9.17) is 14.2 Å². The molecule has 0 aromatic rings. The molecule has 0 rings (SSSR count). The molecule has 356 valence electrons. The Kier molecular flexibility index (Phi) is 48.3. The second-order valence-corrected chi connectivity index (χ2v) is 17.8. The van der Waals surface area contributed by atoms with E-state index < -0.39 is 6.10 Å². The Balaban J connectivity index is 4.32. The summed E-state index contributed by atoms with van der Waals surface area (Å²) >= 11 is 0. The van der Waals surface area contributed by atoms with Crippen LogP contribution in [-0.2, 0) is 28.6 Å².